The minimum Gasteiger partial charge on any atom is -0.307 e. The Morgan fingerprint density at radius 3 is 2.80 bits per heavy atom. The summed E-state index contributed by atoms with van der Waals surface area (Å²) in [7, 11) is 0. The lowest BCUT2D eigenvalue weighted by molar-refractivity contribution is 0.967. The predicted octanol–water partition coefficient (Wildman–Crippen LogP) is 2.93. The van der Waals surface area contributed by atoms with Gasteiger partial charge in [-0.15, -0.1) is 11.3 Å². The molecule has 0 radical (unpaired) electrons. The Hall–Kier alpha value is -1.81. The van der Waals surface area contributed by atoms with E-state index in [2.05, 4.69) is 21.6 Å². The van der Waals surface area contributed by atoms with Crippen molar-refractivity contribution in [2.45, 2.75) is 0 Å². The molecule has 74 valence electrons. The van der Waals surface area contributed by atoms with Crippen LogP contribution in [0.5, 0.6) is 0 Å². The SMILES string of the molecule is c1csc(-c2cc(-n3cccc3)n[nH]2)c1. The molecule has 0 unspecified atom stereocenters. The number of rotatable bonds is 2. The van der Waals surface area contributed by atoms with E-state index in [-0.39, 0.29) is 0 Å². The lowest BCUT2D eigenvalue weighted by atomic mass is 10.3. The van der Waals surface area contributed by atoms with Crippen molar-refractivity contribution in [1.29, 1.82) is 0 Å². The van der Waals surface area contributed by atoms with E-state index in [0.29, 0.717) is 0 Å². The summed E-state index contributed by atoms with van der Waals surface area (Å²) in [6.45, 7) is 0. The van der Waals surface area contributed by atoms with Gasteiger partial charge >= 0.3 is 0 Å². The molecule has 0 amide bonds. The second-order valence-corrected chi connectivity index (χ2v) is 4.16. The smallest absolute Gasteiger partial charge is 0.159 e. The summed E-state index contributed by atoms with van der Waals surface area (Å²) >= 11 is 1.71. The van der Waals surface area contributed by atoms with Gasteiger partial charge in [-0.05, 0) is 23.6 Å². The number of thiophene rings is 1. The molecule has 3 heterocycles. The van der Waals surface area contributed by atoms with E-state index < -0.39 is 0 Å². The second-order valence-electron chi connectivity index (χ2n) is 3.21. The van der Waals surface area contributed by atoms with Crippen LogP contribution >= 0.6 is 11.3 Å². The van der Waals surface area contributed by atoms with Crippen molar-refractivity contribution < 1.29 is 0 Å². The number of aromatic amines is 1. The van der Waals surface area contributed by atoms with Gasteiger partial charge < -0.3 is 4.57 Å². The molecule has 4 heteroatoms. The largest absolute Gasteiger partial charge is 0.307 e. The zero-order valence-electron chi connectivity index (χ0n) is 7.92. The lowest BCUT2D eigenvalue weighted by Gasteiger charge is -1.92. The summed E-state index contributed by atoms with van der Waals surface area (Å²) in [4.78, 5) is 1.21. The van der Waals surface area contributed by atoms with E-state index in [0.717, 1.165) is 11.5 Å². The minimum atomic E-state index is 0.920. The zero-order valence-corrected chi connectivity index (χ0v) is 8.74. The molecule has 0 saturated heterocycles. The third-order valence-corrected chi connectivity index (χ3v) is 3.12. The maximum absolute atomic E-state index is 4.26. The summed E-state index contributed by atoms with van der Waals surface area (Å²) in [5.41, 5.74) is 1.06. The van der Waals surface area contributed by atoms with Crippen LogP contribution in [0.2, 0.25) is 0 Å². The van der Waals surface area contributed by atoms with E-state index >= 15 is 0 Å². The number of hydrogen-bond acceptors (Lipinski definition) is 2. The van der Waals surface area contributed by atoms with Crippen LogP contribution in [0.25, 0.3) is 16.4 Å². The average molecular weight is 215 g/mol. The fraction of sp³-hybridized carbons (Fsp3) is 0. The summed E-state index contributed by atoms with van der Waals surface area (Å²) < 4.78 is 1.98. The van der Waals surface area contributed by atoms with E-state index in [9.17, 15) is 0 Å². The first-order chi connectivity index (χ1) is 7.43. The Morgan fingerprint density at radius 2 is 2.07 bits per heavy atom. The Morgan fingerprint density at radius 1 is 1.20 bits per heavy atom. The van der Waals surface area contributed by atoms with Crippen molar-refractivity contribution in [2.75, 3.05) is 0 Å². The number of nitrogens with zero attached hydrogens (tertiary/aromatic N) is 2. The van der Waals surface area contributed by atoms with Crippen LogP contribution in [0.1, 0.15) is 0 Å². The Bertz CT molecular complexity index is 485. The minimum absolute atomic E-state index is 0.920. The first-order valence-electron chi connectivity index (χ1n) is 4.66. The van der Waals surface area contributed by atoms with Gasteiger partial charge in [-0.2, -0.15) is 5.10 Å². The van der Waals surface area contributed by atoms with Gasteiger partial charge in [0.15, 0.2) is 5.82 Å². The molecule has 0 bridgehead atoms. The van der Waals surface area contributed by atoms with Crippen LogP contribution < -0.4 is 0 Å². The quantitative estimate of drug-likeness (QED) is 0.700. The highest BCUT2D eigenvalue weighted by atomic mass is 32.1. The molecule has 0 fully saturated rings. The van der Waals surface area contributed by atoms with Gasteiger partial charge in [-0.25, -0.2) is 0 Å². The third-order valence-electron chi connectivity index (χ3n) is 2.22. The molecule has 0 aromatic carbocycles. The maximum Gasteiger partial charge on any atom is 0.159 e. The lowest BCUT2D eigenvalue weighted by Crippen LogP contribution is -1.88. The summed E-state index contributed by atoms with van der Waals surface area (Å²) in [5.74, 6) is 0.920. The third kappa shape index (κ3) is 1.49. The molecule has 1 N–H and O–H groups in total. The number of H-pyrrole nitrogens is 1. The monoisotopic (exact) mass is 215 g/mol. The molecular weight excluding hydrogens is 206 g/mol. The molecule has 0 aliphatic carbocycles. The zero-order chi connectivity index (χ0) is 10.1. The molecule has 0 spiro atoms. The van der Waals surface area contributed by atoms with E-state index in [1.54, 1.807) is 11.3 Å². The topological polar surface area (TPSA) is 33.6 Å². The van der Waals surface area contributed by atoms with Crippen molar-refractivity contribution in [2.24, 2.45) is 0 Å². The van der Waals surface area contributed by atoms with Crippen molar-refractivity contribution >= 4 is 11.3 Å². The van der Waals surface area contributed by atoms with Crippen LogP contribution in [-0.2, 0) is 0 Å². The molecule has 3 aromatic heterocycles. The van der Waals surface area contributed by atoms with Crippen LogP contribution in [-0.4, -0.2) is 14.8 Å². The van der Waals surface area contributed by atoms with Crippen molar-refractivity contribution in [3.8, 4) is 16.4 Å². The fourth-order valence-corrected chi connectivity index (χ4v) is 2.18. The van der Waals surface area contributed by atoms with Gasteiger partial charge in [0.2, 0.25) is 0 Å². The van der Waals surface area contributed by atoms with Crippen LogP contribution in [0, 0.1) is 0 Å². The summed E-state index contributed by atoms with van der Waals surface area (Å²) in [6.07, 6.45) is 3.96. The average Bonchev–Trinajstić information content (AvgIpc) is 3.02. The van der Waals surface area contributed by atoms with Gasteiger partial charge in [0.25, 0.3) is 0 Å². The Kier molecular flexibility index (Phi) is 1.93. The van der Waals surface area contributed by atoms with E-state index in [4.69, 9.17) is 0 Å². The second kappa shape index (κ2) is 3.40. The van der Waals surface area contributed by atoms with Crippen molar-refractivity contribution in [3.05, 3.63) is 48.1 Å². The van der Waals surface area contributed by atoms with E-state index in [1.807, 2.05) is 41.2 Å². The molecule has 3 rings (SSSR count). The predicted molar refractivity (Wildman–Crippen MR) is 61.2 cm³/mol. The highest BCUT2D eigenvalue weighted by molar-refractivity contribution is 7.13. The van der Waals surface area contributed by atoms with Gasteiger partial charge in [-0.3, -0.25) is 5.10 Å². The maximum atomic E-state index is 4.26. The Labute approximate surface area is 91.0 Å². The van der Waals surface area contributed by atoms with Crippen molar-refractivity contribution in [3.63, 3.8) is 0 Å². The molecule has 3 aromatic rings. The van der Waals surface area contributed by atoms with Gasteiger partial charge in [0, 0.05) is 18.5 Å². The first-order valence-corrected chi connectivity index (χ1v) is 5.54. The number of nitrogens with one attached hydrogen (secondary N) is 1. The molecule has 0 saturated carbocycles. The van der Waals surface area contributed by atoms with Gasteiger partial charge in [0.1, 0.15) is 0 Å². The van der Waals surface area contributed by atoms with Crippen LogP contribution in [0.4, 0.5) is 0 Å². The highest BCUT2D eigenvalue weighted by Crippen LogP contribution is 2.23. The normalized spacial score (nSPS) is 10.7. The first kappa shape index (κ1) is 8.49. The van der Waals surface area contributed by atoms with E-state index in [1.165, 1.54) is 4.88 Å². The van der Waals surface area contributed by atoms with Crippen molar-refractivity contribution in [1.82, 2.24) is 14.8 Å². The summed E-state index contributed by atoms with van der Waals surface area (Å²) in [5, 5.41) is 9.36. The standard InChI is InChI=1S/C11H9N3S/c1-2-6-14(5-1)11-8-9(12-13-11)10-4-3-7-15-10/h1-8H,(H,12,13). The van der Waals surface area contributed by atoms with Crippen LogP contribution in [0.15, 0.2) is 48.1 Å². The number of hydrogen-bond donors (Lipinski definition) is 1. The number of aromatic nitrogens is 3. The highest BCUT2D eigenvalue weighted by Gasteiger charge is 2.04. The molecule has 0 aliphatic heterocycles. The summed E-state index contributed by atoms with van der Waals surface area (Å²) in [6, 6.07) is 10.1. The van der Waals surface area contributed by atoms with Gasteiger partial charge in [-0.1, -0.05) is 6.07 Å². The Balaban J connectivity index is 2.02. The van der Waals surface area contributed by atoms with Gasteiger partial charge in [0.05, 0.1) is 10.6 Å². The fourth-order valence-electron chi connectivity index (χ4n) is 1.49. The molecular formula is C11H9N3S. The molecule has 0 aliphatic rings. The molecule has 0 atom stereocenters. The molecule has 15 heavy (non-hydrogen) atoms. The van der Waals surface area contributed by atoms with Crippen LogP contribution in [0.3, 0.4) is 0 Å². The molecule has 3 nitrogen and oxygen atoms in total.